The topological polar surface area (TPSA) is 104 Å². The second-order valence-corrected chi connectivity index (χ2v) is 4.43. The summed E-state index contributed by atoms with van der Waals surface area (Å²) in [6.45, 7) is 5.38. The third kappa shape index (κ3) is 2.66. The number of nitrogen functional groups attached to an aromatic ring is 1. The van der Waals surface area contributed by atoms with E-state index in [1.165, 1.54) is 6.92 Å². The summed E-state index contributed by atoms with van der Waals surface area (Å²) < 4.78 is 5.50. The van der Waals surface area contributed by atoms with Crippen molar-refractivity contribution in [3.63, 3.8) is 0 Å². The SMILES string of the molecule is Cc1ccc(Oc2nc(N)nc(C)c2[N+](=O)[O-])cc1C. The molecule has 1 aromatic heterocycles. The van der Waals surface area contributed by atoms with Gasteiger partial charge in [0, 0.05) is 0 Å². The van der Waals surface area contributed by atoms with Crippen LogP contribution in [0.5, 0.6) is 11.6 Å². The number of rotatable bonds is 3. The third-order valence-electron chi connectivity index (χ3n) is 2.92. The smallest absolute Gasteiger partial charge is 0.352 e. The lowest BCUT2D eigenvalue weighted by molar-refractivity contribution is -0.386. The minimum Gasteiger partial charge on any atom is -0.434 e. The highest BCUT2D eigenvalue weighted by Gasteiger charge is 2.23. The van der Waals surface area contributed by atoms with E-state index >= 15 is 0 Å². The highest BCUT2D eigenvalue weighted by Crippen LogP contribution is 2.32. The zero-order chi connectivity index (χ0) is 14.9. The molecule has 0 aliphatic rings. The molecule has 104 valence electrons. The summed E-state index contributed by atoms with van der Waals surface area (Å²) in [5.41, 5.74) is 7.52. The van der Waals surface area contributed by atoms with Crippen molar-refractivity contribution < 1.29 is 9.66 Å². The van der Waals surface area contributed by atoms with Crippen molar-refractivity contribution in [1.29, 1.82) is 0 Å². The van der Waals surface area contributed by atoms with Crippen molar-refractivity contribution in [2.24, 2.45) is 0 Å². The quantitative estimate of drug-likeness (QED) is 0.681. The van der Waals surface area contributed by atoms with E-state index in [1.807, 2.05) is 19.9 Å². The molecule has 2 aromatic rings. The fourth-order valence-corrected chi connectivity index (χ4v) is 1.73. The molecular formula is C13H14N4O3. The van der Waals surface area contributed by atoms with Crippen LogP contribution in [0.3, 0.4) is 0 Å². The van der Waals surface area contributed by atoms with Gasteiger partial charge >= 0.3 is 11.6 Å². The highest BCUT2D eigenvalue weighted by molar-refractivity contribution is 5.49. The molecule has 0 saturated carbocycles. The first-order valence-electron chi connectivity index (χ1n) is 5.92. The number of nitrogens with zero attached hydrogens (tertiary/aromatic N) is 3. The van der Waals surface area contributed by atoms with Crippen LogP contribution in [-0.4, -0.2) is 14.9 Å². The molecule has 0 bridgehead atoms. The molecule has 7 nitrogen and oxygen atoms in total. The minimum atomic E-state index is -0.578. The second-order valence-electron chi connectivity index (χ2n) is 4.43. The first-order chi connectivity index (χ1) is 9.38. The Labute approximate surface area is 115 Å². The number of nitrogens with two attached hydrogens (primary N) is 1. The fourth-order valence-electron chi connectivity index (χ4n) is 1.73. The Morgan fingerprint density at radius 2 is 1.90 bits per heavy atom. The van der Waals surface area contributed by atoms with Gasteiger partial charge in [-0.25, -0.2) is 4.98 Å². The predicted octanol–water partition coefficient (Wildman–Crippen LogP) is 2.68. The van der Waals surface area contributed by atoms with Crippen molar-refractivity contribution in [3.8, 4) is 11.6 Å². The van der Waals surface area contributed by atoms with Crippen LogP contribution < -0.4 is 10.5 Å². The lowest BCUT2D eigenvalue weighted by Gasteiger charge is -2.08. The molecule has 7 heteroatoms. The predicted molar refractivity (Wildman–Crippen MR) is 73.8 cm³/mol. The maximum Gasteiger partial charge on any atom is 0.352 e. The van der Waals surface area contributed by atoms with Gasteiger partial charge in [0.15, 0.2) is 0 Å². The van der Waals surface area contributed by atoms with E-state index in [2.05, 4.69) is 9.97 Å². The normalized spacial score (nSPS) is 10.3. The van der Waals surface area contributed by atoms with E-state index in [9.17, 15) is 10.1 Å². The molecule has 0 aliphatic carbocycles. The van der Waals surface area contributed by atoms with E-state index in [0.29, 0.717) is 5.75 Å². The fraction of sp³-hybridized carbons (Fsp3) is 0.231. The molecule has 1 heterocycles. The minimum absolute atomic E-state index is 0.0630. The zero-order valence-corrected chi connectivity index (χ0v) is 11.4. The van der Waals surface area contributed by atoms with Gasteiger partial charge in [-0.15, -0.1) is 0 Å². The van der Waals surface area contributed by atoms with Crippen molar-refractivity contribution in [2.75, 3.05) is 5.73 Å². The van der Waals surface area contributed by atoms with Gasteiger partial charge in [-0.2, -0.15) is 4.98 Å². The van der Waals surface area contributed by atoms with Crippen LogP contribution in [0.1, 0.15) is 16.8 Å². The van der Waals surface area contributed by atoms with Gasteiger partial charge < -0.3 is 10.5 Å². The van der Waals surface area contributed by atoms with E-state index in [-0.39, 0.29) is 23.2 Å². The summed E-state index contributed by atoms with van der Waals surface area (Å²) in [6.07, 6.45) is 0. The molecule has 20 heavy (non-hydrogen) atoms. The van der Waals surface area contributed by atoms with Crippen LogP contribution in [-0.2, 0) is 0 Å². The summed E-state index contributed by atoms with van der Waals surface area (Å²) in [5, 5.41) is 11.1. The summed E-state index contributed by atoms with van der Waals surface area (Å²) in [5.74, 6) is 0.254. The van der Waals surface area contributed by atoms with E-state index in [0.717, 1.165) is 11.1 Å². The molecule has 0 amide bonds. The van der Waals surface area contributed by atoms with Gasteiger partial charge in [-0.3, -0.25) is 10.1 Å². The average Bonchev–Trinajstić information content (AvgIpc) is 2.32. The lowest BCUT2D eigenvalue weighted by atomic mass is 10.1. The van der Waals surface area contributed by atoms with Crippen LogP contribution >= 0.6 is 0 Å². The Hall–Kier alpha value is -2.70. The second kappa shape index (κ2) is 5.12. The number of anilines is 1. The molecule has 0 saturated heterocycles. The number of benzene rings is 1. The zero-order valence-electron chi connectivity index (χ0n) is 11.4. The van der Waals surface area contributed by atoms with Crippen molar-refractivity contribution >= 4 is 11.6 Å². The molecule has 0 radical (unpaired) electrons. The molecule has 1 aromatic carbocycles. The molecule has 0 unspecified atom stereocenters. The van der Waals surface area contributed by atoms with Crippen molar-refractivity contribution in [2.45, 2.75) is 20.8 Å². The molecule has 0 spiro atoms. The van der Waals surface area contributed by atoms with Gasteiger partial charge in [-0.1, -0.05) is 6.07 Å². The van der Waals surface area contributed by atoms with Crippen LogP contribution in [0.15, 0.2) is 18.2 Å². The summed E-state index contributed by atoms with van der Waals surface area (Å²) in [6, 6.07) is 5.38. The van der Waals surface area contributed by atoms with Gasteiger partial charge in [0.2, 0.25) is 5.95 Å². The Bertz CT molecular complexity index is 686. The molecule has 0 fully saturated rings. The first kappa shape index (κ1) is 13.7. The van der Waals surface area contributed by atoms with Crippen molar-refractivity contribution in [3.05, 3.63) is 45.1 Å². The Balaban J connectivity index is 2.47. The number of aryl methyl sites for hydroxylation is 3. The molecule has 2 N–H and O–H groups in total. The standard InChI is InChI=1S/C13H14N4O3/c1-7-4-5-10(6-8(7)2)20-12-11(17(18)19)9(3)15-13(14)16-12/h4-6H,1-3H3,(H2,14,15,16). The third-order valence-corrected chi connectivity index (χ3v) is 2.92. The van der Waals surface area contributed by atoms with Crippen LogP contribution in [0.2, 0.25) is 0 Å². The van der Waals surface area contributed by atoms with E-state index < -0.39 is 4.92 Å². The Kier molecular flexibility index (Phi) is 3.51. The van der Waals surface area contributed by atoms with Gasteiger partial charge in [0.1, 0.15) is 11.4 Å². The summed E-state index contributed by atoms with van der Waals surface area (Å²) >= 11 is 0. The monoisotopic (exact) mass is 274 g/mol. The molecule has 2 rings (SSSR count). The van der Waals surface area contributed by atoms with Crippen LogP contribution in [0.4, 0.5) is 11.6 Å². The molecule has 0 atom stereocenters. The summed E-state index contributed by atoms with van der Waals surface area (Å²) in [4.78, 5) is 18.1. The van der Waals surface area contributed by atoms with Gasteiger partial charge in [0.25, 0.3) is 0 Å². The highest BCUT2D eigenvalue weighted by atomic mass is 16.6. The van der Waals surface area contributed by atoms with E-state index in [4.69, 9.17) is 10.5 Å². The van der Waals surface area contributed by atoms with Crippen molar-refractivity contribution in [1.82, 2.24) is 9.97 Å². The number of hydrogen-bond donors (Lipinski definition) is 1. The number of aromatic nitrogens is 2. The molecular weight excluding hydrogens is 260 g/mol. The molecule has 0 aliphatic heterocycles. The Morgan fingerprint density at radius 3 is 2.50 bits per heavy atom. The largest absolute Gasteiger partial charge is 0.434 e. The first-order valence-corrected chi connectivity index (χ1v) is 5.92. The summed E-state index contributed by atoms with van der Waals surface area (Å²) in [7, 11) is 0. The average molecular weight is 274 g/mol. The van der Waals surface area contributed by atoms with Gasteiger partial charge in [-0.05, 0) is 44.0 Å². The number of nitro groups is 1. The van der Waals surface area contributed by atoms with Gasteiger partial charge in [0.05, 0.1) is 4.92 Å². The van der Waals surface area contributed by atoms with Crippen LogP contribution in [0, 0.1) is 30.9 Å². The van der Waals surface area contributed by atoms with E-state index in [1.54, 1.807) is 12.1 Å². The lowest BCUT2D eigenvalue weighted by Crippen LogP contribution is -2.04. The number of hydrogen-bond acceptors (Lipinski definition) is 6. The van der Waals surface area contributed by atoms with Crippen LogP contribution in [0.25, 0.3) is 0 Å². The maximum atomic E-state index is 11.1. The number of ether oxygens (including phenoxy) is 1. The Morgan fingerprint density at radius 1 is 1.20 bits per heavy atom. The maximum absolute atomic E-state index is 11.1.